The largest absolute Gasteiger partial charge is 0.313 e. The summed E-state index contributed by atoms with van der Waals surface area (Å²) in [7, 11) is 0. The predicted molar refractivity (Wildman–Crippen MR) is 90.1 cm³/mol. The van der Waals surface area contributed by atoms with Crippen LogP contribution in [0.3, 0.4) is 0 Å². The maximum absolute atomic E-state index is 3.80. The van der Waals surface area contributed by atoms with Crippen LogP contribution in [0.4, 0.5) is 0 Å². The van der Waals surface area contributed by atoms with Crippen LogP contribution in [-0.2, 0) is 0 Å². The molecule has 0 amide bonds. The Hall–Kier alpha value is 0.310. The van der Waals surface area contributed by atoms with Crippen molar-refractivity contribution >= 4 is 11.8 Å². The van der Waals surface area contributed by atoms with Gasteiger partial charge in [0.15, 0.2) is 0 Å². The topological polar surface area (TPSA) is 12.0 Å². The zero-order valence-corrected chi connectivity index (χ0v) is 14.4. The fourth-order valence-corrected chi connectivity index (χ4v) is 5.14. The van der Waals surface area contributed by atoms with E-state index in [1.165, 1.54) is 57.9 Å². The Labute approximate surface area is 125 Å². The Balaban J connectivity index is 2.47. The third-order valence-electron chi connectivity index (χ3n) is 4.36. The summed E-state index contributed by atoms with van der Waals surface area (Å²) in [4.78, 5) is 0. The quantitative estimate of drug-likeness (QED) is 0.621. The molecule has 1 rings (SSSR count). The van der Waals surface area contributed by atoms with Crippen LogP contribution in [0.1, 0.15) is 79.1 Å². The average molecular weight is 286 g/mol. The van der Waals surface area contributed by atoms with Crippen LogP contribution < -0.4 is 5.32 Å². The Bertz CT molecular complexity index is 219. The monoisotopic (exact) mass is 285 g/mol. The molecule has 0 spiro atoms. The molecule has 0 saturated heterocycles. The van der Waals surface area contributed by atoms with Crippen molar-refractivity contribution in [2.75, 3.05) is 6.54 Å². The fraction of sp³-hybridized carbons (Fsp3) is 1.00. The van der Waals surface area contributed by atoms with Gasteiger partial charge < -0.3 is 5.32 Å². The van der Waals surface area contributed by atoms with Crippen LogP contribution in [0.2, 0.25) is 0 Å². The number of thioether (sulfide) groups is 1. The summed E-state index contributed by atoms with van der Waals surface area (Å²) in [6.45, 7) is 10.6. The predicted octanol–water partition coefficient (Wildman–Crippen LogP) is 5.25. The van der Waals surface area contributed by atoms with Gasteiger partial charge in [-0.2, -0.15) is 11.8 Å². The first-order valence-corrected chi connectivity index (χ1v) is 9.54. The van der Waals surface area contributed by atoms with Crippen molar-refractivity contribution in [3.63, 3.8) is 0 Å². The molecule has 1 nitrogen and oxygen atoms in total. The molecule has 19 heavy (non-hydrogen) atoms. The summed E-state index contributed by atoms with van der Waals surface area (Å²) < 4.78 is 0. The summed E-state index contributed by atoms with van der Waals surface area (Å²) in [5.74, 6) is 0.956. The second-order valence-corrected chi connectivity index (χ2v) is 7.87. The van der Waals surface area contributed by atoms with E-state index in [0.717, 1.165) is 22.5 Å². The van der Waals surface area contributed by atoms with E-state index >= 15 is 0 Å². The van der Waals surface area contributed by atoms with Crippen LogP contribution in [0.5, 0.6) is 0 Å². The molecule has 0 aromatic rings. The Kier molecular flexibility index (Phi) is 9.23. The van der Waals surface area contributed by atoms with E-state index in [1.807, 2.05) is 0 Å². The molecule has 0 aromatic heterocycles. The lowest BCUT2D eigenvalue weighted by atomic mass is 9.90. The van der Waals surface area contributed by atoms with Crippen molar-refractivity contribution in [1.82, 2.24) is 5.32 Å². The minimum absolute atomic E-state index is 0.734. The molecule has 1 saturated carbocycles. The van der Waals surface area contributed by atoms with Gasteiger partial charge in [-0.25, -0.2) is 0 Å². The van der Waals surface area contributed by atoms with E-state index < -0.39 is 0 Å². The lowest BCUT2D eigenvalue weighted by molar-refractivity contribution is 0.390. The zero-order chi connectivity index (χ0) is 14.1. The molecule has 114 valence electrons. The molecule has 4 unspecified atom stereocenters. The first-order chi connectivity index (χ1) is 9.21. The van der Waals surface area contributed by atoms with Gasteiger partial charge in [-0.15, -0.1) is 0 Å². The lowest BCUT2D eigenvalue weighted by Crippen LogP contribution is -2.39. The summed E-state index contributed by atoms with van der Waals surface area (Å²) in [6, 6.07) is 0.734. The molecule has 0 radical (unpaired) electrons. The molecule has 0 aromatic carbocycles. The van der Waals surface area contributed by atoms with E-state index in [1.54, 1.807) is 0 Å². The van der Waals surface area contributed by atoms with Crippen LogP contribution in [0.15, 0.2) is 0 Å². The van der Waals surface area contributed by atoms with Crippen LogP contribution in [-0.4, -0.2) is 23.1 Å². The first kappa shape index (κ1) is 17.4. The summed E-state index contributed by atoms with van der Waals surface area (Å²) in [6.07, 6.45) is 11.0. The molecule has 0 heterocycles. The van der Waals surface area contributed by atoms with Gasteiger partial charge in [0.2, 0.25) is 0 Å². The van der Waals surface area contributed by atoms with E-state index in [9.17, 15) is 0 Å². The highest BCUT2D eigenvalue weighted by Crippen LogP contribution is 2.36. The highest BCUT2D eigenvalue weighted by atomic mass is 32.2. The summed E-state index contributed by atoms with van der Waals surface area (Å²) >= 11 is 2.31. The molecular weight excluding hydrogens is 250 g/mol. The molecule has 0 bridgehead atoms. The zero-order valence-electron chi connectivity index (χ0n) is 13.6. The maximum Gasteiger partial charge on any atom is 0.0201 e. The van der Waals surface area contributed by atoms with E-state index in [-0.39, 0.29) is 0 Å². The molecule has 1 N–H and O–H groups in total. The third kappa shape index (κ3) is 6.53. The van der Waals surface area contributed by atoms with E-state index in [2.05, 4.69) is 44.8 Å². The number of hydrogen-bond donors (Lipinski definition) is 1. The molecule has 2 heteroatoms. The van der Waals surface area contributed by atoms with Crippen molar-refractivity contribution in [3.05, 3.63) is 0 Å². The molecule has 1 aliphatic rings. The SMILES string of the molecule is CCCNC(CCC)C(CC)SC1CCCC(C)C1. The average Bonchev–Trinajstić information content (AvgIpc) is 2.41. The van der Waals surface area contributed by atoms with Crippen molar-refractivity contribution < 1.29 is 0 Å². The van der Waals surface area contributed by atoms with Gasteiger partial charge >= 0.3 is 0 Å². The number of nitrogens with one attached hydrogen (secondary N) is 1. The van der Waals surface area contributed by atoms with Gasteiger partial charge in [0, 0.05) is 16.5 Å². The Morgan fingerprint density at radius 2 is 1.95 bits per heavy atom. The van der Waals surface area contributed by atoms with Crippen LogP contribution in [0, 0.1) is 5.92 Å². The number of hydrogen-bond acceptors (Lipinski definition) is 2. The third-order valence-corrected chi connectivity index (χ3v) is 6.19. The van der Waals surface area contributed by atoms with Gasteiger partial charge in [-0.1, -0.05) is 47.0 Å². The van der Waals surface area contributed by atoms with Gasteiger partial charge in [-0.3, -0.25) is 0 Å². The molecule has 1 aliphatic carbocycles. The van der Waals surface area contributed by atoms with Crippen molar-refractivity contribution in [1.29, 1.82) is 0 Å². The second kappa shape index (κ2) is 10.1. The van der Waals surface area contributed by atoms with E-state index in [0.29, 0.717) is 0 Å². The van der Waals surface area contributed by atoms with Gasteiger partial charge in [0.1, 0.15) is 0 Å². The fourth-order valence-electron chi connectivity index (χ4n) is 3.28. The minimum atomic E-state index is 0.734. The molecule has 0 aliphatic heterocycles. The smallest absolute Gasteiger partial charge is 0.0201 e. The normalized spacial score (nSPS) is 27.2. The second-order valence-electron chi connectivity index (χ2n) is 6.33. The minimum Gasteiger partial charge on any atom is -0.313 e. The van der Waals surface area contributed by atoms with Crippen molar-refractivity contribution in [2.45, 2.75) is 95.6 Å². The van der Waals surface area contributed by atoms with Crippen molar-refractivity contribution in [2.24, 2.45) is 5.92 Å². The standard InChI is InChI=1S/C17H35NS/c1-5-9-16(18-12-6-2)17(7-3)19-15-11-8-10-14(4)13-15/h14-18H,5-13H2,1-4H3. The maximum atomic E-state index is 3.80. The van der Waals surface area contributed by atoms with Crippen LogP contribution in [0.25, 0.3) is 0 Å². The lowest BCUT2D eigenvalue weighted by Gasteiger charge is -2.33. The van der Waals surface area contributed by atoms with Crippen molar-refractivity contribution in [3.8, 4) is 0 Å². The van der Waals surface area contributed by atoms with Gasteiger partial charge in [0.25, 0.3) is 0 Å². The molecule has 1 fully saturated rings. The highest BCUT2D eigenvalue weighted by molar-refractivity contribution is 8.00. The summed E-state index contributed by atoms with van der Waals surface area (Å²) in [5.41, 5.74) is 0. The highest BCUT2D eigenvalue weighted by Gasteiger charge is 2.26. The van der Waals surface area contributed by atoms with Gasteiger partial charge in [-0.05, 0) is 44.6 Å². The Morgan fingerprint density at radius 1 is 1.16 bits per heavy atom. The molecule has 4 atom stereocenters. The first-order valence-electron chi connectivity index (χ1n) is 8.60. The van der Waals surface area contributed by atoms with E-state index in [4.69, 9.17) is 0 Å². The molecular formula is C17H35NS. The van der Waals surface area contributed by atoms with Crippen LogP contribution >= 0.6 is 11.8 Å². The number of rotatable bonds is 9. The summed E-state index contributed by atoms with van der Waals surface area (Å²) in [5, 5.41) is 5.55. The van der Waals surface area contributed by atoms with Gasteiger partial charge in [0.05, 0.1) is 0 Å². The Morgan fingerprint density at radius 3 is 2.53 bits per heavy atom.